The maximum absolute atomic E-state index is 11.2. The van der Waals surface area contributed by atoms with Gasteiger partial charge in [-0.25, -0.2) is 0 Å². The molecule has 5 heteroatoms. The van der Waals surface area contributed by atoms with E-state index in [0.717, 1.165) is 26.1 Å². The van der Waals surface area contributed by atoms with E-state index >= 15 is 0 Å². The Morgan fingerprint density at radius 1 is 1.69 bits per heavy atom. The topological polar surface area (TPSA) is 82.2 Å². The second-order valence-electron chi connectivity index (χ2n) is 4.90. The summed E-state index contributed by atoms with van der Waals surface area (Å²) in [6.07, 6.45) is 0.757. The SMILES string of the molecule is CC(C)(C#N)CCN1CCNCC1C(N)=O. The van der Waals surface area contributed by atoms with Crippen molar-refractivity contribution < 1.29 is 4.79 Å². The van der Waals surface area contributed by atoms with E-state index in [9.17, 15) is 4.79 Å². The van der Waals surface area contributed by atoms with Crippen LogP contribution in [0.3, 0.4) is 0 Å². The summed E-state index contributed by atoms with van der Waals surface area (Å²) in [5.74, 6) is -0.290. The van der Waals surface area contributed by atoms with Gasteiger partial charge in [-0.15, -0.1) is 0 Å². The first-order valence-corrected chi connectivity index (χ1v) is 5.61. The Labute approximate surface area is 96.6 Å². The predicted molar refractivity (Wildman–Crippen MR) is 61.4 cm³/mol. The van der Waals surface area contributed by atoms with Crippen LogP contribution >= 0.6 is 0 Å². The Balaban J connectivity index is 2.51. The lowest BCUT2D eigenvalue weighted by molar-refractivity contribution is -0.123. The number of nitrogens with two attached hydrogens (primary N) is 1. The Hall–Kier alpha value is -1.12. The Kier molecular flexibility index (Phi) is 4.27. The Morgan fingerprint density at radius 2 is 2.38 bits per heavy atom. The van der Waals surface area contributed by atoms with Gasteiger partial charge in [-0.1, -0.05) is 0 Å². The minimum atomic E-state index is -0.340. The van der Waals surface area contributed by atoms with E-state index in [0.29, 0.717) is 6.54 Å². The van der Waals surface area contributed by atoms with Crippen molar-refractivity contribution in [3.63, 3.8) is 0 Å². The molecule has 1 fully saturated rings. The van der Waals surface area contributed by atoms with Crippen LogP contribution in [0.25, 0.3) is 0 Å². The zero-order valence-corrected chi connectivity index (χ0v) is 9.99. The largest absolute Gasteiger partial charge is 0.368 e. The molecule has 0 aromatic heterocycles. The average molecular weight is 224 g/mol. The van der Waals surface area contributed by atoms with Crippen LogP contribution in [0.5, 0.6) is 0 Å². The molecule has 1 atom stereocenters. The highest BCUT2D eigenvalue weighted by molar-refractivity contribution is 5.80. The number of amides is 1. The highest BCUT2D eigenvalue weighted by Crippen LogP contribution is 2.19. The lowest BCUT2D eigenvalue weighted by atomic mass is 9.91. The van der Waals surface area contributed by atoms with Crippen LogP contribution in [-0.2, 0) is 4.79 Å². The van der Waals surface area contributed by atoms with Crippen LogP contribution < -0.4 is 11.1 Å². The molecular weight excluding hydrogens is 204 g/mol. The fourth-order valence-electron chi connectivity index (χ4n) is 1.77. The molecule has 5 nitrogen and oxygen atoms in total. The maximum atomic E-state index is 11.2. The van der Waals surface area contributed by atoms with Gasteiger partial charge in [0, 0.05) is 26.2 Å². The first-order valence-electron chi connectivity index (χ1n) is 5.61. The lowest BCUT2D eigenvalue weighted by Crippen LogP contribution is -2.57. The number of carbonyl (C=O) groups is 1. The fourth-order valence-corrected chi connectivity index (χ4v) is 1.77. The van der Waals surface area contributed by atoms with Gasteiger partial charge in [0.1, 0.15) is 6.04 Å². The van der Waals surface area contributed by atoms with Crippen molar-refractivity contribution in [2.24, 2.45) is 11.1 Å². The Bertz CT molecular complexity index is 295. The molecule has 3 N–H and O–H groups in total. The molecule has 0 bridgehead atoms. The van der Waals surface area contributed by atoms with Crippen molar-refractivity contribution in [3.05, 3.63) is 0 Å². The van der Waals surface area contributed by atoms with E-state index in [1.54, 1.807) is 0 Å². The van der Waals surface area contributed by atoms with Crippen molar-refractivity contribution >= 4 is 5.91 Å². The van der Waals surface area contributed by atoms with Crippen molar-refractivity contribution in [3.8, 4) is 6.07 Å². The van der Waals surface area contributed by atoms with E-state index in [1.807, 2.05) is 13.8 Å². The van der Waals surface area contributed by atoms with Gasteiger partial charge in [0.05, 0.1) is 11.5 Å². The van der Waals surface area contributed by atoms with Gasteiger partial charge >= 0.3 is 0 Å². The summed E-state index contributed by atoms with van der Waals surface area (Å²) in [7, 11) is 0. The number of nitrogens with one attached hydrogen (secondary N) is 1. The van der Waals surface area contributed by atoms with Crippen LogP contribution in [0.1, 0.15) is 20.3 Å². The molecule has 0 aromatic rings. The van der Waals surface area contributed by atoms with Gasteiger partial charge < -0.3 is 11.1 Å². The van der Waals surface area contributed by atoms with E-state index in [2.05, 4.69) is 16.3 Å². The summed E-state index contributed by atoms with van der Waals surface area (Å²) >= 11 is 0. The average Bonchev–Trinajstić information content (AvgIpc) is 2.27. The summed E-state index contributed by atoms with van der Waals surface area (Å²) in [5.41, 5.74) is 5.00. The predicted octanol–water partition coefficient (Wildman–Crippen LogP) is -0.315. The molecule has 1 saturated heterocycles. The third-order valence-corrected chi connectivity index (χ3v) is 3.01. The van der Waals surface area contributed by atoms with Crippen molar-refractivity contribution in [2.75, 3.05) is 26.2 Å². The van der Waals surface area contributed by atoms with Gasteiger partial charge in [0.25, 0.3) is 0 Å². The van der Waals surface area contributed by atoms with Crippen LogP contribution in [0.4, 0.5) is 0 Å². The van der Waals surface area contributed by atoms with Crippen molar-refractivity contribution in [1.82, 2.24) is 10.2 Å². The van der Waals surface area contributed by atoms with Gasteiger partial charge in [-0.05, 0) is 20.3 Å². The van der Waals surface area contributed by atoms with Gasteiger partial charge in [0.2, 0.25) is 5.91 Å². The molecule has 1 rings (SSSR count). The molecule has 1 aliphatic rings. The van der Waals surface area contributed by atoms with E-state index in [1.165, 1.54) is 0 Å². The molecule has 16 heavy (non-hydrogen) atoms. The second-order valence-corrected chi connectivity index (χ2v) is 4.90. The van der Waals surface area contributed by atoms with Gasteiger partial charge in [-0.3, -0.25) is 9.69 Å². The van der Waals surface area contributed by atoms with Gasteiger partial charge in [-0.2, -0.15) is 5.26 Å². The molecule has 0 saturated carbocycles. The smallest absolute Gasteiger partial charge is 0.236 e. The van der Waals surface area contributed by atoms with Crippen molar-refractivity contribution in [1.29, 1.82) is 5.26 Å². The maximum Gasteiger partial charge on any atom is 0.236 e. The zero-order chi connectivity index (χ0) is 12.2. The second kappa shape index (κ2) is 5.28. The van der Waals surface area contributed by atoms with E-state index < -0.39 is 0 Å². The van der Waals surface area contributed by atoms with Crippen LogP contribution in [-0.4, -0.2) is 43.0 Å². The fraction of sp³-hybridized carbons (Fsp3) is 0.818. The van der Waals surface area contributed by atoms with E-state index in [4.69, 9.17) is 11.0 Å². The monoisotopic (exact) mass is 224 g/mol. The zero-order valence-electron chi connectivity index (χ0n) is 9.99. The standard InChI is InChI=1S/C11H20N4O/c1-11(2,8-12)3-5-15-6-4-14-7-9(15)10(13)16/h9,14H,3-7H2,1-2H3,(H2,13,16). The molecule has 0 radical (unpaired) electrons. The minimum absolute atomic E-state index is 0.233. The molecule has 1 aliphatic heterocycles. The first kappa shape index (κ1) is 12.9. The lowest BCUT2D eigenvalue weighted by Gasteiger charge is -2.35. The summed E-state index contributed by atoms with van der Waals surface area (Å²) < 4.78 is 0. The number of hydrogen-bond acceptors (Lipinski definition) is 4. The minimum Gasteiger partial charge on any atom is -0.368 e. The van der Waals surface area contributed by atoms with Crippen LogP contribution in [0.2, 0.25) is 0 Å². The molecule has 0 aromatic carbocycles. The first-order chi connectivity index (χ1) is 7.46. The normalized spacial score (nSPS) is 22.7. The highest BCUT2D eigenvalue weighted by Gasteiger charge is 2.28. The molecular formula is C11H20N4O. The quantitative estimate of drug-likeness (QED) is 0.686. The Morgan fingerprint density at radius 3 is 2.94 bits per heavy atom. The molecule has 1 amide bonds. The number of carbonyl (C=O) groups excluding carboxylic acids is 1. The van der Waals surface area contributed by atoms with Crippen LogP contribution in [0, 0.1) is 16.7 Å². The number of nitrogens with zero attached hydrogens (tertiary/aromatic N) is 2. The number of primary amides is 1. The summed E-state index contributed by atoms with van der Waals surface area (Å²) in [5, 5.41) is 12.1. The molecule has 90 valence electrons. The van der Waals surface area contributed by atoms with Crippen molar-refractivity contribution in [2.45, 2.75) is 26.3 Å². The third kappa shape index (κ3) is 3.47. The summed E-state index contributed by atoms with van der Waals surface area (Å²) in [4.78, 5) is 13.3. The van der Waals surface area contributed by atoms with Crippen LogP contribution in [0.15, 0.2) is 0 Å². The highest BCUT2D eigenvalue weighted by atomic mass is 16.1. The number of piperazine rings is 1. The summed E-state index contributed by atoms with van der Waals surface area (Å²) in [6.45, 7) is 6.87. The third-order valence-electron chi connectivity index (χ3n) is 3.01. The van der Waals surface area contributed by atoms with E-state index in [-0.39, 0.29) is 17.4 Å². The number of hydrogen-bond donors (Lipinski definition) is 2. The van der Waals surface area contributed by atoms with Gasteiger partial charge in [0.15, 0.2) is 0 Å². The number of rotatable bonds is 4. The molecule has 1 unspecified atom stereocenters. The molecule has 0 aliphatic carbocycles. The number of nitriles is 1. The molecule has 0 spiro atoms. The molecule has 1 heterocycles. The summed E-state index contributed by atoms with van der Waals surface area (Å²) in [6, 6.07) is 2.03.